The number of hydrogen-bond acceptors (Lipinski definition) is 3. The Kier molecular flexibility index (Phi) is 5.02. The molecule has 1 saturated carbocycles. The van der Waals surface area contributed by atoms with Gasteiger partial charge in [0.1, 0.15) is 0 Å². The summed E-state index contributed by atoms with van der Waals surface area (Å²) in [5, 5.41) is 1.07. The molecular weight excluding hydrogens is 314 g/mol. The summed E-state index contributed by atoms with van der Waals surface area (Å²) in [7, 11) is 0. The number of nitrogens with two attached hydrogens (primary N) is 1. The van der Waals surface area contributed by atoms with Gasteiger partial charge in [-0.15, -0.1) is 0 Å². The molecular formula is C20H25N3O2. The number of nitrogens with zero attached hydrogens (tertiary/aromatic N) is 2. The van der Waals surface area contributed by atoms with Crippen molar-refractivity contribution in [3.63, 3.8) is 0 Å². The van der Waals surface area contributed by atoms with E-state index in [4.69, 9.17) is 5.73 Å². The van der Waals surface area contributed by atoms with E-state index in [1.54, 1.807) is 4.90 Å². The highest BCUT2D eigenvalue weighted by atomic mass is 16.2. The molecule has 1 aromatic carbocycles. The van der Waals surface area contributed by atoms with Gasteiger partial charge >= 0.3 is 0 Å². The molecule has 1 fully saturated rings. The molecule has 0 bridgehead atoms. The molecule has 1 aliphatic carbocycles. The van der Waals surface area contributed by atoms with E-state index in [1.807, 2.05) is 38.1 Å². The standard InChI is InChI=1S/C20H25N3O2/c1-13-16-9-5-6-10-18(16)22-14(2)17(13)11-20(25)23(12-19(21)24)15-7-3-4-8-15/h5-6,9-10,15H,3-4,7-8,11-12H2,1-2H3,(H2,21,24). The maximum Gasteiger partial charge on any atom is 0.237 e. The number of carbonyl (C=O) groups excluding carboxylic acids is 2. The minimum absolute atomic E-state index is 0.00258. The van der Waals surface area contributed by atoms with Gasteiger partial charge in [-0.2, -0.15) is 0 Å². The third kappa shape index (κ3) is 3.65. The van der Waals surface area contributed by atoms with Crippen LogP contribution in [-0.4, -0.2) is 34.3 Å². The van der Waals surface area contributed by atoms with Crippen LogP contribution in [0.1, 0.15) is 42.5 Å². The molecule has 2 N–H and O–H groups in total. The highest BCUT2D eigenvalue weighted by molar-refractivity contribution is 5.88. The zero-order valence-corrected chi connectivity index (χ0v) is 14.9. The summed E-state index contributed by atoms with van der Waals surface area (Å²) in [5.41, 5.74) is 9.23. The molecule has 2 amide bonds. The molecule has 5 nitrogen and oxygen atoms in total. The van der Waals surface area contributed by atoms with Crippen molar-refractivity contribution in [1.29, 1.82) is 0 Å². The number of hydrogen-bond donors (Lipinski definition) is 1. The van der Waals surface area contributed by atoms with Gasteiger partial charge in [-0.25, -0.2) is 0 Å². The number of amides is 2. The van der Waals surface area contributed by atoms with E-state index in [0.717, 1.165) is 53.4 Å². The molecule has 5 heteroatoms. The number of aromatic nitrogens is 1. The number of fused-ring (bicyclic) bond motifs is 1. The molecule has 132 valence electrons. The minimum Gasteiger partial charge on any atom is -0.368 e. The van der Waals surface area contributed by atoms with Gasteiger partial charge in [0.2, 0.25) is 11.8 Å². The summed E-state index contributed by atoms with van der Waals surface area (Å²) in [6.07, 6.45) is 4.37. The van der Waals surface area contributed by atoms with Gasteiger partial charge in [0.25, 0.3) is 0 Å². The molecule has 1 aliphatic rings. The van der Waals surface area contributed by atoms with Crippen molar-refractivity contribution < 1.29 is 9.59 Å². The van der Waals surface area contributed by atoms with E-state index in [1.165, 1.54) is 0 Å². The van der Waals surface area contributed by atoms with Crippen molar-refractivity contribution in [1.82, 2.24) is 9.88 Å². The van der Waals surface area contributed by atoms with Crippen LogP contribution in [0.25, 0.3) is 10.9 Å². The van der Waals surface area contributed by atoms with Gasteiger partial charge in [-0.1, -0.05) is 31.0 Å². The van der Waals surface area contributed by atoms with Crippen LogP contribution in [0.2, 0.25) is 0 Å². The van der Waals surface area contributed by atoms with Gasteiger partial charge in [0.15, 0.2) is 0 Å². The minimum atomic E-state index is -0.453. The number of pyridine rings is 1. The first kappa shape index (κ1) is 17.4. The maximum absolute atomic E-state index is 13.0. The molecule has 0 spiro atoms. The molecule has 1 aromatic heterocycles. The van der Waals surface area contributed by atoms with E-state index in [-0.39, 0.29) is 24.9 Å². The summed E-state index contributed by atoms with van der Waals surface area (Å²) in [6.45, 7) is 3.98. The lowest BCUT2D eigenvalue weighted by Crippen LogP contribution is -2.45. The molecule has 3 rings (SSSR count). The van der Waals surface area contributed by atoms with Crippen LogP contribution >= 0.6 is 0 Å². The fourth-order valence-electron chi connectivity index (χ4n) is 3.89. The number of primary amides is 1. The Morgan fingerprint density at radius 3 is 2.56 bits per heavy atom. The fraction of sp³-hybridized carbons (Fsp3) is 0.450. The molecule has 0 saturated heterocycles. The first-order valence-electron chi connectivity index (χ1n) is 8.90. The zero-order valence-electron chi connectivity index (χ0n) is 14.9. The Hall–Kier alpha value is -2.43. The summed E-state index contributed by atoms with van der Waals surface area (Å²) in [5.74, 6) is -0.487. The predicted octanol–water partition coefficient (Wildman–Crippen LogP) is 2.65. The number of carbonyl (C=O) groups is 2. The van der Waals surface area contributed by atoms with Crippen molar-refractivity contribution in [3.8, 4) is 0 Å². The van der Waals surface area contributed by atoms with Crippen LogP contribution in [0.5, 0.6) is 0 Å². The van der Waals surface area contributed by atoms with Crippen LogP contribution in [0.4, 0.5) is 0 Å². The monoisotopic (exact) mass is 339 g/mol. The maximum atomic E-state index is 13.0. The van der Waals surface area contributed by atoms with Gasteiger partial charge in [0.05, 0.1) is 18.5 Å². The van der Waals surface area contributed by atoms with E-state index in [2.05, 4.69) is 4.98 Å². The Labute approximate surface area is 148 Å². The van der Waals surface area contributed by atoms with Crippen molar-refractivity contribution in [2.75, 3.05) is 6.54 Å². The Balaban J connectivity index is 1.90. The number of para-hydroxylation sites is 1. The van der Waals surface area contributed by atoms with Crippen LogP contribution in [0, 0.1) is 13.8 Å². The van der Waals surface area contributed by atoms with Gasteiger partial charge in [0, 0.05) is 17.1 Å². The molecule has 0 radical (unpaired) electrons. The molecule has 0 unspecified atom stereocenters. The van der Waals surface area contributed by atoms with Crippen molar-refractivity contribution in [2.45, 2.75) is 52.0 Å². The molecule has 2 aromatic rings. The summed E-state index contributed by atoms with van der Waals surface area (Å²) < 4.78 is 0. The average molecular weight is 339 g/mol. The quantitative estimate of drug-likeness (QED) is 0.910. The van der Waals surface area contributed by atoms with E-state index < -0.39 is 5.91 Å². The second kappa shape index (κ2) is 7.21. The molecule has 25 heavy (non-hydrogen) atoms. The highest BCUT2D eigenvalue weighted by Gasteiger charge is 2.28. The highest BCUT2D eigenvalue weighted by Crippen LogP contribution is 2.26. The SMILES string of the molecule is Cc1nc2ccccc2c(C)c1CC(=O)N(CC(N)=O)C1CCCC1. The van der Waals surface area contributed by atoms with Crippen LogP contribution in [0.3, 0.4) is 0 Å². The first-order valence-corrected chi connectivity index (χ1v) is 8.90. The molecule has 0 atom stereocenters. The molecule has 0 aliphatic heterocycles. The van der Waals surface area contributed by atoms with Crippen LogP contribution < -0.4 is 5.73 Å². The van der Waals surface area contributed by atoms with Crippen LogP contribution in [0.15, 0.2) is 24.3 Å². The van der Waals surface area contributed by atoms with Crippen molar-refractivity contribution in [3.05, 3.63) is 41.1 Å². The Morgan fingerprint density at radius 1 is 1.20 bits per heavy atom. The average Bonchev–Trinajstić information content (AvgIpc) is 3.10. The second-order valence-electron chi connectivity index (χ2n) is 6.92. The van der Waals surface area contributed by atoms with Crippen molar-refractivity contribution in [2.24, 2.45) is 5.73 Å². The second-order valence-corrected chi connectivity index (χ2v) is 6.92. The number of aryl methyl sites for hydroxylation is 2. The summed E-state index contributed by atoms with van der Waals surface area (Å²) >= 11 is 0. The summed E-state index contributed by atoms with van der Waals surface area (Å²) in [6, 6.07) is 8.10. The fourth-order valence-corrected chi connectivity index (χ4v) is 3.89. The molecule has 1 heterocycles. The lowest BCUT2D eigenvalue weighted by atomic mass is 9.98. The zero-order chi connectivity index (χ0) is 18.0. The summed E-state index contributed by atoms with van der Waals surface area (Å²) in [4.78, 5) is 30.7. The smallest absolute Gasteiger partial charge is 0.237 e. The lowest BCUT2D eigenvalue weighted by molar-refractivity contribution is -0.136. The van der Waals surface area contributed by atoms with E-state index in [9.17, 15) is 9.59 Å². The number of rotatable bonds is 5. The van der Waals surface area contributed by atoms with Gasteiger partial charge in [-0.05, 0) is 43.9 Å². The van der Waals surface area contributed by atoms with Gasteiger partial charge < -0.3 is 10.6 Å². The largest absolute Gasteiger partial charge is 0.368 e. The predicted molar refractivity (Wildman–Crippen MR) is 98.1 cm³/mol. The number of benzene rings is 1. The van der Waals surface area contributed by atoms with Gasteiger partial charge in [-0.3, -0.25) is 14.6 Å². The Morgan fingerprint density at radius 2 is 1.88 bits per heavy atom. The third-order valence-electron chi connectivity index (χ3n) is 5.23. The third-order valence-corrected chi connectivity index (χ3v) is 5.23. The van der Waals surface area contributed by atoms with E-state index in [0.29, 0.717) is 0 Å². The lowest BCUT2D eigenvalue weighted by Gasteiger charge is -2.28. The van der Waals surface area contributed by atoms with E-state index >= 15 is 0 Å². The first-order chi connectivity index (χ1) is 12.0. The Bertz CT molecular complexity index is 810. The van der Waals surface area contributed by atoms with Crippen LogP contribution in [-0.2, 0) is 16.0 Å². The normalized spacial score (nSPS) is 14.8. The van der Waals surface area contributed by atoms with Crippen molar-refractivity contribution >= 4 is 22.7 Å². The topological polar surface area (TPSA) is 76.3 Å².